The van der Waals surface area contributed by atoms with Gasteiger partial charge in [-0.2, -0.15) is 0 Å². The van der Waals surface area contributed by atoms with Gasteiger partial charge in [-0.25, -0.2) is 19.5 Å². The smallest absolute Gasteiger partial charge is 0.428 e. The molecule has 36 heavy (non-hydrogen) atoms. The van der Waals surface area contributed by atoms with Crippen LogP contribution in [0, 0.1) is 0 Å². The lowest BCUT2D eigenvalue weighted by Crippen LogP contribution is -2.56. The zero-order valence-corrected chi connectivity index (χ0v) is 20.9. The molecule has 0 radical (unpaired) electrons. The van der Waals surface area contributed by atoms with Crippen LogP contribution in [0.4, 0.5) is 0 Å². The molecule has 2 aromatic rings. The summed E-state index contributed by atoms with van der Waals surface area (Å²) in [7, 11) is -5.34. The molecular weight excluding hydrogens is 497 g/mol. The molecule has 0 aliphatic heterocycles. The van der Waals surface area contributed by atoms with Crippen LogP contribution in [0.25, 0.3) is 0 Å². The van der Waals surface area contributed by atoms with E-state index in [0.717, 1.165) is 0 Å². The minimum absolute atomic E-state index is 0.0375. The molecule has 12 nitrogen and oxygen atoms in total. The number of hydrogen-bond acceptors (Lipinski definition) is 10. The van der Waals surface area contributed by atoms with Crippen molar-refractivity contribution in [3.05, 3.63) is 59.7 Å². The SMILES string of the molecule is CCOC(=O)CNC(Oc1ccc(C(=O)OCC)cc1)(Oc1ccc(C(=O)OCC)cc1)P(=O)(O)O. The topological polar surface area (TPSA) is 167 Å². The molecule has 0 aliphatic rings. The summed E-state index contributed by atoms with van der Waals surface area (Å²) in [6, 6.07) is 10.4. The van der Waals surface area contributed by atoms with Gasteiger partial charge in [-0.15, -0.1) is 0 Å². The maximum absolute atomic E-state index is 12.6. The van der Waals surface area contributed by atoms with E-state index >= 15 is 0 Å². The van der Waals surface area contributed by atoms with E-state index in [1.165, 1.54) is 48.5 Å². The van der Waals surface area contributed by atoms with E-state index in [1.54, 1.807) is 20.8 Å². The van der Waals surface area contributed by atoms with Gasteiger partial charge in [-0.05, 0) is 69.3 Å². The van der Waals surface area contributed by atoms with E-state index in [0.29, 0.717) is 0 Å². The van der Waals surface area contributed by atoms with E-state index in [2.05, 4.69) is 5.32 Å². The van der Waals surface area contributed by atoms with E-state index in [9.17, 15) is 28.7 Å². The summed E-state index contributed by atoms with van der Waals surface area (Å²) in [5.74, 6) is -2.22. The van der Waals surface area contributed by atoms with Crippen LogP contribution in [0.3, 0.4) is 0 Å². The molecule has 0 spiro atoms. The number of nitrogens with one attached hydrogen (secondary N) is 1. The van der Waals surface area contributed by atoms with Gasteiger partial charge in [0.2, 0.25) is 0 Å². The highest BCUT2D eigenvalue weighted by Gasteiger charge is 2.54. The van der Waals surface area contributed by atoms with Gasteiger partial charge in [0, 0.05) is 0 Å². The fourth-order valence-corrected chi connectivity index (χ4v) is 3.51. The molecule has 2 aromatic carbocycles. The second-order valence-corrected chi connectivity index (χ2v) is 8.66. The van der Waals surface area contributed by atoms with Gasteiger partial charge < -0.3 is 33.5 Å². The Kier molecular flexibility index (Phi) is 10.4. The Morgan fingerprint density at radius 3 is 1.47 bits per heavy atom. The minimum Gasteiger partial charge on any atom is -0.465 e. The third-order valence-electron chi connectivity index (χ3n) is 4.39. The zero-order valence-electron chi connectivity index (χ0n) is 20.0. The first-order valence-corrected chi connectivity index (χ1v) is 12.5. The van der Waals surface area contributed by atoms with Crippen molar-refractivity contribution >= 4 is 25.5 Å². The Morgan fingerprint density at radius 1 is 0.750 bits per heavy atom. The van der Waals surface area contributed by atoms with Crippen LogP contribution >= 0.6 is 7.60 Å². The average molecular weight is 525 g/mol. The van der Waals surface area contributed by atoms with E-state index in [1.807, 2.05) is 0 Å². The first-order chi connectivity index (χ1) is 17.0. The Hall–Kier alpha value is -3.44. The zero-order chi connectivity index (χ0) is 26.8. The molecule has 0 bridgehead atoms. The van der Waals surface area contributed by atoms with Gasteiger partial charge in [0.25, 0.3) is 0 Å². The van der Waals surface area contributed by atoms with Crippen LogP contribution in [0.1, 0.15) is 41.5 Å². The maximum Gasteiger partial charge on any atom is 0.428 e. The molecule has 0 saturated carbocycles. The lowest BCUT2D eigenvalue weighted by atomic mass is 10.2. The first kappa shape index (κ1) is 28.8. The number of carbonyl (C=O) groups excluding carboxylic acids is 3. The van der Waals surface area contributed by atoms with Crippen LogP contribution in [0.2, 0.25) is 0 Å². The molecule has 0 aromatic heterocycles. The lowest BCUT2D eigenvalue weighted by molar-refractivity contribution is -0.146. The molecule has 3 N–H and O–H groups in total. The fourth-order valence-electron chi connectivity index (χ4n) is 2.78. The van der Waals surface area contributed by atoms with Gasteiger partial charge >= 0.3 is 31.2 Å². The predicted octanol–water partition coefficient (Wildman–Crippen LogP) is 2.44. The molecule has 0 atom stereocenters. The third kappa shape index (κ3) is 7.79. The number of rotatable bonds is 13. The number of carbonyl (C=O) groups is 3. The van der Waals surface area contributed by atoms with Crippen molar-refractivity contribution < 1.29 is 52.4 Å². The van der Waals surface area contributed by atoms with Crippen LogP contribution in [0.15, 0.2) is 48.5 Å². The van der Waals surface area contributed by atoms with Crippen LogP contribution < -0.4 is 14.8 Å². The van der Waals surface area contributed by atoms with Crippen molar-refractivity contribution in [1.29, 1.82) is 0 Å². The standard InChI is InChI=1S/C23H28NO11P/c1-4-31-20(25)15-24-23(36(28,29)30,34-18-11-7-16(8-12-18)21(26)32-5-2)35-19-13-9-17(10-14-19)22(27)33-6-3/h7-14,24H,4-6,15H2,1-3H3,(H2,28,29,30). The minimum atomic E-state index is -5.34. The number of benzene rings is 2. The Morgan fingerprint density at radius 2 is 1.14 bits per heavy atom. The van der Waals surface area contributed by atoms with Crippen molar-refractivity contribution in [3.8, 4) is 11.5 Å². The summed E-state index contributed by atoms with van der Waals surface area (Å²) < 4.78 is 38.4. The molecule has 0 heterocycles. The molecule has 0 saturated heterocycles. The highest BCUT2D eigenvalue weighted by Crippen LogP contribution is 2.50. The molecular formula is C23H28NO11P. The normalized spacial score (nSPS) is 11.4. The summed E-state index contributed by atoms with van der Waals surface area (Å²) in [5, 5.41) is 2.30. The highest BCUT2D eigenvalue weighted by molar-refractivity contribution is 7.53. The Labute approximate surface area is 207 Å². The van der Waals surface area contributed by atoms with Crippen molar-refractivity contribution in [3.63, 3.8) is 0 Å². The summed E-state index contributed by atoms with van der Waals surface area (Å²) in [6.07, 6.45) is 0. The highest BCUT2D eigenvalue weighted by atomic mass is 31.2. The molecule has 0 aliphatic carbocycles. The van der Waals surface area contributed by atoms with E-state index in [-0.39, 0.29) is 42.4 Å². The number of hydrogen-bond donors (Lipinski definition) is 3. The van der Waals surface area contributed by atoms with Gasteiger partial charge in [0.05, 0.1) is 30.9 Å². The quantitative estimate of drug-likeness (QED) is 0.151. The fraction of sp³-hybridized carbons (Fsp3) is 0.348. The summed E-state index contributed by atoms with van der Waals surface area (Å²) in [6.45, 7) is 4.55. The molecule has 0 amide bonds. The number of ether oxygens (including phenoxy) is 5. The maximum atomic E-state index is 12.6. The van der Waals surface area contributed by atoms with E-state index in [4.69, 9.17) is 23.7 Å². The number of esters is 3. The lowest BCUT2D eigenvalue weighted by Gasteiger charge is -2.34. The summed E-state index contributed by atoms with van der Waals surface area (Å²) >= 11 is 0. The monoisotopic (exact) mass is 525 g/mol. The van der Waals surface area contributed by atoms with Crippen molar-refractivity contribution in [1.82, 2.24) is 5.32 Å². The van der Waals surface area contributed by atoms with Crippen LogP contribution in [-0.2, 0) is 23.6 Å². The van der Waals surface area contributed by atoms with Gasteiger partial charge in [-0.3, -0.25) is 4.79 Å². The molecule has 13 heteroatoms. The average Bonchev–Trinajstić information content (AvgIpc) is 2.83. The molecule has 196 valence electrons. The predicted molar refractivity (Wildman–Crippen MR) is 125 cm³/mol. The van der Waals surface area contributed by atoms with Crippen molar-refractivity contribution in [2.75, 3.05) is 26.4 Å². The molecule has 2 rings (SSSR count). The largest absolute Gasteiger partial charge is 0.465 e. The summed E-state index contributed by atoms with van der Waals surface area (Å²) in [5.41, 5.74) is -2.52. The second-order valence-electron chi connectivity index (χ2n) is 6.98. The van der Waals surface area contributed by atoms with Gasteiger partial charge in [0.15, 0.2) is 0 Å². The Bertz CT molecular complexity index is 1020. The van der Waals surface area contributed by atoms with Crippen molar-refractivity contribution in [2.24, 2.45) is 0 Å². The van der Waals surface area contributed by atoms with Gasteiger partial charge in [-0.1, -0.05) is 0 Å². The molecule has 0 fully saturated rings. The molecule has 0 unspecified atom stereocenters. The van der Waals surface area contributed by atoms with Crippen LogP contribution in [0.5, 0.6) is 11.5 Å². The van der Waals surface area contributed by atoms with Crippen LogP contribution in [-0.4, -0.2) is 59.7 Å². The second kappa shape index (κ2) is 13.0. The first-order valence-electron chi connectivity index (χ1n) is 10.9. The van der Waals surface area contributed by atoms with Crippen molar-refractivity contribution in [2.45, 2.75) is 26.4 Å². The van der Waals surface area contributed by atoms with Gasteiger partial charge in [0.1, 0.15) is 18.0 Å². The third-order valence-corrected chi connectivity index (χ3v) is 5.50. The Balaban J connectivity index is 2.41. The van der Waals surface area contributed by atoms with E-state index < -0.39 is 37.7 Å². The summed E-state index contributed by atoms with van der Waals surface area (Å²) in [4.78, 5) is 56.1.